The molecule has 0 aromatic carbocycles. The molecule has 2 heteroatoms. The molecule has 3 atom stereocenters. The van der Waals surface area contributed by atoms with Crippen LogP contribution in [0.5, 0.6) is 0 Å². The molecule has 0 spiro atoms. The zero-order valence-corrected chi connectivity index (χ0v) is 12.0. The minimum absolute atomic E-state index is 0.141. The van der Waals surface area contributed by atoms with Crippen molar-refractivity contribution in [2.24, 2.45) is 22.7 Å². The number of aliphatic hydroxyl groups is 1. The highest BCUT2D eigenvalue weighted by Gasteiger charge is 2.59. The summed E-state index contributed by atoms with van der Waals surface area (Å²) < 4.78 is 5.77. The van der Waals surface area contributed by atoms with E-state index < -0.39 is 0 Å². The van der Waals surface area contributed by atoms with Crippen molar-refractivity contribution in [3.8, 4) is 0 Å². The summed E-state index contributed by atoms with van der Waals surface area (Å²) in [4.78, 5) is 0. The lowest BCUT2D eigenvalue weighted by Gasteiger charge is -2.62. The van der Waals surface area contributed by atoms with Gasteiger partial charge in [-0.25, -0.2) is 0 Å². The Morgan fingerprint density at radius 1 is 1.26 bits per heavy atom. The lowest BCUT2D eigenvalue weighted by Crippen LogP contribution is -2.55. The van der Waals surface area contributed by atoms with Gasteiger partial charge in [0.25, 0.3) is 0 Å². The van der Waals surface area contributed by atoms with Crippen molar-refractivity contribution in [3.63, 3.8) is 0 Å². The van der Waals surface area contributed by atoms with Gasteiger partial charge in [0.2, 0.25) is 0 Å². The largest absolute Gasteiger partial charge is 0.495 e. The topological polar surface area (TPSA) is 29.5 Å². The number of allylic oxidation sites excluding steroid dienone is 1. The molecule has 106 valence electrons. The lowest BCUT2D eigenvalue weighted by molar-refractivity contribution is -0.153. The first kappa shape index (κ1) is 12.3. The van der Waals surface area contributed by atoms with Gasteiger partial charge in [-0.15, -0.1) is 0 Å². The van der Waals surface area contributed by atoms with Crippen LogP contribution in [0, 0.1) is 22.7 Å². The SMILES string of the molecule is CC12CC3CC(C1)CC(C(O)C1=CCCCO1)(C3)C2. The smallest absolute Gasteiger partial charge is 0.121 e. The first-order chi connectivity index (χ1) is 9.09. The number of aliphatic hydroxyl groups excluding tert-OH is 1. The van der Waals surface area contributed by atoms with Gasteiger partial charge in [0.05, 0.1) is 6.61 Å². The van der Waals surface area contributed by atoms with Gasteiger partial charge < -0.3 is 9.84 Å². The summed E-state index contributed by atoms with van der Waals surface area (Å²) in [7, 11) is 0. The molecular weight excluding hydrogens is 236 g/mol. The highest BCUT2D eigenvalue weighted by atomic mass is 16.5. The fourth-order valence-corrected chi connectivity index (χ4v) is 6.19. The maximum Gasteiger partial charge on any atom is 0.121 e. The highest BCUT2D eigenvalue weighted by Crippen LogP contribution is 2.66. The van der Waals surface area contributed by atoms with Crippen LogP contribution in [0.2, 0.25) is 0 Å². The Labute approximate surface area is 116 Å². The van der Waals surface area contributed by atoms with E-state index >= 15 is 0 Å². The Morgan fingerprint density at radius 3 is 2.58 bits per heavy atom. The quantitative estimate of drug-likeness (QED) is 0.823. The van der Waals surface area contributed by atoms with Gasteiger partial charge in [0.1, 0.15) is 11.9 Å². The van der Waals surface area contributed by atoms with Crippen molar-refractivity contribution in [1.29, 1.82) is 0 Å². The molecule has 4 bridgehead atoms. The van der Waals surface area contributed by atoms with Gasteiger partial charge in [-0.1, -0.05) is 6.92 Å². The third kappa shape index (κ3) is 1.86. The average molecular weight is 262 g/mol. The molecule has 1 N–H and O–H groups in total. The van der Waals surface area contributed by atoms with Crippen LogP contribution in [-0.4, -0.2) is 17.8 Å². The number of hydrogen-bond donors (Lipinski definition) is 1. The van der Waals surface area contributed by atoms with Crippen molar-refractivity contribution < 1.29 is 9.84 Å². The van der Waals surface area contributed by atoms with Crippen molar-refractivity contribution in [1.82, 2.24) is 0 Å². The van der Waals surface area contributed by atoms with E-state index in [0.29, 0.717) is 5.41 Å². The van der Waals surface area contributed by atoms with Crippen LogP contribution < -0.4 is 0 Å². The molecular formula is C17H26O2. The van der Waals surface area contributed by atoms with E-state index in [2.05, 4.69) is 13.0 Å². The monoisotopic (exact) mass is 262 g/mol. The maximum absolute atomic E-state index is 11.0. The normalized spacial score (nSPS) is 49.7. The van der Waals surface area contributed by atoms with Gasteiger partial charge in [-0.3, -0.25) is 0 Å². The van der Waals surface area contributed by atoms with Crippen LogP contribution in [0.4, 0.5) is 0 Å². The van der Waals surface area contributed by atoms with Crippen molar-refractivity contribution >= 4 is 0 Å². The standard InChI is InChI=1S/C17H26O2/c1-16-7-12-6-13(8-16)10-17(9-12,11-16)15(18)14-4-2-3-5-19-14/h4,12-13,15,18H,2-3,5-11H2,1H3. The second-order valence-corrected chi connectivity index (χ2v) is 8.13. The molecule has 3 unspecified atom stereocenters. The van der Waals surface area contributed by atoms with Gasteiger partial charge in [0.15, 0.2) is 0 Å². The predicted molar refractivity (Wildman–Crippen MR) is 74.5 cm³/mol. The Morgan fingerprint density at radius 2 is 2.00 bits per heavy atom. The van der Waals surface area contributed by atoms with E-state index in [1.54, 1.807) is 0 Å². The van der Waals surface area contributed by atoms with Crippen LogP contribution in [0.1, 0.15) is 58.3 Å². The van der Waals surface area contributed by atoms with Crippen molar-refractivity contribution in [2.45, 2.75) is 64.4 Å². The zero-order valence-electron chi connectivity index (χ0n) is 12.0. The first-order valence-corrected chi connectivity index (χ1v) is 8.10. The summed E-state index contributed by atoms with van der Waals surface area (Å²) in [5, 5.41) is 11.0. The summed E-state index contributed by atoms with van der Waals surface area (Å²) in [6.45, 7) is 3.26. The summed E-state index contributed by atoms with van der Waals surface area (Å²) in [6.07, 6.45) is 11.9. The molecule has 1 aliphatic heterocycles. The number of ether oxygens (including phenoxy) is 1. The van der Waals surface area contributed by atoms with E-state index in [4.69, 9.17) is 4.74 Å². The summed E-state index contributed by atoms with van der Waals surface area (Å²) in [5.74, 6) is 2.63. The zero-order chi connectivity index (χ0) is 13.1. The molecule has 0 saturated heterocycles. The van der Waals surface area contributed by atoms with Gasteiger partial charge >= 0.3 is 0 Å². The van der Waals surface area contributed by atoms with Crippen LogP contribution in [-0.2, 0) is 4.74 Å². The summed E-state index contributed by atoms with van der Waals surface area (Å²) >= 11 is 0. The van der Waals surface area contributed by atoms with E-state index in [1.165, 1.54) is 38.5 Å². The van der Waals surface area contributed by atoms with Gasteiger partial charge in [0, 0.05) is 5.41 Å². The fraction of sp³-hybridized carbons (Fsp3) is 0.882. The second kappa shape index (κ2) is 4.00. The third-order valence-corrected chi connectivity index (χ3v) is 6.21. The second-order valence-electron chi connectivity index (χ2n) is 8.13. The molecule has 5 rings (SSSR count). The van der Waals surface area contributed by atoms with E-state index in [0.717, 1.165) is 37.0 Å². The lowest BCUT2D eigenvalue weighted by atomic mass is 9.43. The fourth-order valence-electron chi connectivity index (χ4n) is 6.19. The third-order valence-electron chi connectivity index (χ3n) is 6.21. The van der Waals surface area contributed by atoms with Crippen LogP contribution >= 0.6 is 0 Å². The van der Waals surface area contributed by atoms with E-state index in [9.17, 15) is 5.11 Å². The minimum Gasteiger partial charge on any atom is -0.495 e. The minimum atomic E-state index is -0.335. The Balaban J connectivity index is 1.64. The molecule has 0 amide bonds. The molecule has 2 nitrogen and oxygen atoms in total. The van der Waals surface area contributed by atoms with Crippen molar-refractivity contribution in [2.75, 3.05) is 6.61 Å². The van der Waals surface area contributed by atoms with Crippen molar-refractivity contribution in [3.05, 3.63) is 11.8 Å². The van der Waals surface area contributed by atoms with E-state index in [1.807, 2.05) is 0 Å². The van der Waals surface area contributed by atoms with E-state index in [-0.39, 0.29) is 11.5 Å². The van der Waals surface area contributed by atoms with Crippen LogP contribution in [0.15, 0.2) is 11.8 Å². The Hall–Kier alpha value is -0.500. The van der Waals surface area contributed by atoms with Gasteiger partial charge in [-0.05, 0) is 74.7 Å². The summed E-state index contributed by atoms with van der Waals surface area (Å²) in [5.41, 5.74) is 0.641. The predicted octanol–water partition coefficient (Wildman–Crippen LogP) is 3.65. The summed E-state index contributed by atoms with van der Waals surface area (Å²) in [6, 6.07) is 0. The molecule has 5 aliphatic rings. The molecule has 0 radical (unpaired) electrons. The first-order valence-electron chi connectivity index (χ1n) is 8.10. The van der Waals surface area contributed by atoms with Crippen LogP contribution in [0.3, 0.4) is 0 Å². The Bertz CT molecular complexity index is 397. The maximum atomic E-state index is 11.0. The molecule has 1 heterocycles. The molecule has 4 aliphatic carbocycles. The highest BCUT2D eigenvalue weighted by molar-refractivity contribution is 5.16. The average Bonchev–Trinajstić information content (AvgIpc) is 2.36. The molecule has 19 heavy (non-hydrogen) atoms. The number of hydrogen-bond acceptors (Lipinski definition) is 2. The van der Waals surface area contributed by atoms with Crippen LogP contribution in [0.25, 0.3) is 0 Å². The molecule has 0 aromatic heterocycles. The molecule has 0 aromatic rings. The van der Waals surface area contributed by atoms with Gasteiger partial charge in [-0.2, -0.15) is 0 Å². The number of rotatable bonds is 2. The molecule has 4 saturated carbocycles. The molecule has 4 fully saturated rings. The Kier molecular flexibility index (Phi) is 2.58.